The fourth-order valence-electron chi connectivity index (χ4n) is 1.16. The van der Waals surface area contributed by atoms with Gasteiger partial charge in [-0.15, -0.1) is 0 Å². The highest BCUT2D eigenvalue weighted by Crippen LogP contribution is 1.87. The van der Waals surface area contributed by atoms with Crippen LogP contribution in [0, 0.1) is 0 Å². The fraction of sp³-hybridized carbons (Fsp3) is 0. The van der Waals surface area contributed by atoms with Crippen molar-refractivity contribution in [3.63, 3.8) is 0 Å². The lowest BCUT2D eigenvalue weighted by Crippen LogP contribution is -2.44. The summed E-state index contributed by atoms with van der Waals surface area (Å²) < 4.78 is 0. The molecule has 0 saturated carbocycles. The van der Waals surface area contributed by atoms with E-state index in [1.165, 1.54) is 6.20 Å². The van der Waals surface area contributed by atoms with Crippen LogP contribution in [-0.2, 0) is 0 Å². The van der Waals surface area contributed by atoms with Crippen LogP contribution >= 0.6 is 0 Å². The van der Waals surface area contributed by atoms with Gasteiger partial charge in [0.2, 0.25) is 5.88 Å². The number of aliphatic hydroxyl groups excluding tert-OH is 1. The van der Waals surface area contributed by atoms with E-state index in [1.807, 2.05) is 12.1 Å². The molecule has 0 saturated heterocycles. The van der Waals surface area contributed by atoms with E-state index in [1.54, 1.807) is 12.1 Å². The molecule has 1 aromatic rings. The van der Waals surface area contributed by atoms with E-state index < -0.39 is 0 Å². The highest BCUT2D eigenvalue weighted by atomic mass is 16.5. The maximum absolute atomic E-state index is 9.32. The number of nitrogens with zero attached hydrogens (tertiary/aromatic N) is 1. The van der Waals surface area contributed by atoms with Crippen molar-refractivity contribution in [3.8, 4) is 0 Å². The summed E-state index contributed by atoms with van der Waals surface area (Å²) in [4.78, 5) is 0. The van der Waals surface area contributed by atoms with Gasteiger partial charge in [0, 0.05) is 10.4 Å². The molecule has 0 radical (unpaired) electrons. The van der Waals surface area contributed by atoms with Crippen molar-refractivity contribution in [2.75, 3.05) is 0 Å². The van der Waals surface area contributed by atoms with Gasteiger partial charge in [-0.25, -0.2) is 5.43 Å². The number of fused-ring (bicyclic) bond motifs is 1. The molecule has 1 heterocycles. The lowest BCUT2D eigenvalue weighted by Gasteiger charge is -2.16. The molecule has 0 atom stereocenters. The third-order valence-electron chi connectivity index (χ3n) is 1.70. The SMILES string of the molecule is OC1=c2ccccc2=CN(O)N1. The Bertz CT molecular complexity index is 413. The minimum Gasteiger partial charge on any atom is -0.493 e. The topological polar surface area (TPSA) is 55.7 Å². The number of hydrazine groups is 1. The van der Waals surface area contributed by atoms with Crippen LogP contribution < -0.4 is 15.9 Å². The van der Waals surface area contributed by atoms with Crippen molar-refractivity contribution in [2.24, 2.45) is 0 Å². The molecule has 0 aromatic heterocycles. The maximum Gasteiger partial charge on any atom is 0.213 e. The Balaban J connectivity index is 2.81. The van der Waals surface area contributed by atoms with Crippen LogP contribution in [0.25, 0.3) is 12.1 Å². The van der Waals surface area contributed by atoms with Crippen LogP contribution in [-0.4, -0.2) is 15.5 Å². The first-order valence-electron chi connectivity index (χ1n) is 3.52. The van der Waals surface area contributed by atoms with E-state index in [-0.39, 0.29) is 5.88 Å². The standard InChI is InChI=1S/C8H8N2O2/c11-8-7-4-2-1-3-6(7)5-10(12)9-8/h1-5,9,11-12H. The smallest absolute Gasteiger partial charge is 0.213 e. The molecule has 0 spiro atoms. The van der Waals surface area contributed by atoms with E-state index >= 15 is 0 Å². The summed E-state index contributed by atoms with van der Waals surface area (Å²) in [6.07, 6.45) is 1.48. The molecule has 4 nitrogen and oxygen atoms in total. The van der Waals surface area contributed by atoms with Gasteiger partial charge in [0.1, 0.15) is 0 Å². The van der Waals surface area contributed by atoms with Crippen molar-refractivity contribution in [1.82, 2.24) is 10.6 Å². The van der Waals surface area contributed by atoms with Crippen LogP contribution in [0.4, 0.5) is 0 Å². The quantitative estimate of drug-likeness (QED) is 0.472. The van der Waals surface area contributed by atoms with Gasteiger partial charge in [-0.2, -0.15) is 5.17 Å². The van der Waals surface area contributed by atoms with Gasteiger partial charge in [-0.3, -0.25) is 5.21 Å². The van der Waals surface area contributed by atoms with Gasteiger partial charge in [0.15, 0.2) is 0 Å². The Morgan fingerprint density at radius 3 is 2.83 bits per heavy atom. The molecule has 0 aliphatic carbocycles. The van der Waals surface area contributed by atoms with Crippen molar-refractivity contribution >= 4 is 12.1 Å². The molecule has 12 heavy (non-hydrogen) atoms. The molecule has 4 heteroatoms. The molecule has 62 valence electrons. The highest BCUT2D eigenvalue weighted by Gasteiger charge is 2.04. The van der Waals surface area contributed by atoms with Gasteiger partial charge in [-0.1, -0.05) is 18.2 Å². The number of aliphatic hydroxyl groups is 1. The summed E-state index contributed by atoms with van der Waals surface area (Å²) in [5.41, 5.74) is 2.34. The molecule has 3 N–H and O–H groups in total. The van der Waals surface area contributed by atoms with Crippen LogP contribution in [0.3, 0.4) is 0 Å². The number of rotatable bonds is 0. The molecular weight excluding hydrogens is 156 g/mol. The summed E-state index contributed by atoms with van der Waals surface area (Å²) in [5, 5.41) is 20.5. The molecule has 1 aliphatic rings. The molecule has 0 fully saturated rings. The second kappa shape index (κ2) is 2.42. The first-order chi connectivity index (χ1) is 5.77. The van der Waals surface area contributed by atoms with Crippen molar-refractivity contribution in [3.05, 3.63) is 34.7 Å². The first kappa shape index (κ1) is 7.00. The number of hydroxylamine groups is 1. The molecule has 1 aliphatic heterocycles. The van der Waals surface area contributed by atoms with Gasteiger partial charge >= 0.3 is 0 Å². The van der Waals surface area contributed by atoms with E-state index in [2.05, 4.69) is 5.43 Å². The predicted octanol–water partition coefficient (Wildman–Crippen LogP) is -0.742. The Labute approximate surface area is 68.6 Å². The third-order valence-corrected chi connectivity index (χ3v) is 1.70. The third kappa shape index (κ3) is 0.981. The van der Waals surface area contributed by atoms with Crippen molar-refractivity contribution in [2.45, 2.75) is 0 Å². The second-order valence-corrected chi connectivity index (χ2v) is 2.52. The zero-order chi connectivity index (χ0) is 8.55. The van der Waals surface area contributed by atoms with Crippen molar-refractivity contribution in [1.29, 1.82) is 0 Å². The normalized spacial score (nSPS) is 14.8. The zero-order valence-corrected chi connectivity index (χ0v) is 6.23. The van der Waals surface area contributed by atoms with Gasteiger partial charge < -0.3 is 5.11 Å². The van der Waals surface area contributed by atoms with Gasteiger partial charge in [-0.05, 0) is 6.07 Å². The molecule has 0 amide bonds. The fourth-order valence-corrected chi connectivity index (χ4v) is 1.16. The Morgan fingerprint density at radius 2 is 2.00 bits per heavy atom. The van der Waals surface area contributed by atoms with E-state index in [9.17, 15) is 5.11 Å². The average molecular weight is 164 g/mol. The van der Waals surface area contributed by atoms with E-state index in [0.29, 0.717) is 5.22 Å². The van der Waals surface area contributed by atoms with Gasteiger partial charge in [0.05, 0.1) is 6.20 Å². The summed E-state index contributed by atoms with van der Waals surface area (Å²) in [7, 11) is 0. The minimum atomic E-state index is -0.0457. The molecule has 1 aromatic carbocycles. The monoisotopic (exact) mass is 164 g/mol. The number of nitrogens with one attached hydrogen (secondary N) is 1. The number of hydrogen-bond donors (Lipinski definition) is 3. The minimum absolute atomic E-state index is 0.0457. The Hall–Kier alpha value is -1.68. The zero-order valence-electron chi connectivity index (χ0n) is 6.23. The summed E-state index contributed by atoms with van der Waals surface area (Å²) in [5.74, 6) is -0.0457. The molecule has 2 rings (SSSR count). The Kier molecular flexibility index (Phi) is 1.41. The van der Waals surface area contributed by atoms with E-state index in [4.69, 9.17) is 5.21 Å². The van der Waals surface area contributed by atoms with Crippen molar-refractivity contribution < 1.29 is 10.3 Å². The summed E-state index contributed by atoms with van der Waals surface area (Å²) in [6.45, 7) is 0. The largest absolute Gasteiger partial charge is 0.493 e. The van der Waals surface area contributed by atoms with E-state index in [0.717, 1.165) is 10.4 Å². The van der Waals surface area contributed by atoms with Gasteiger partial charge in [0.25, 0.3) is 0 Å². The highest BCUT2D eigenvalue weighted by molar-refractivity contribution is 5.39. The Morgan fingerprint density at radius 1 is 1.25 bits per heavy atom. The lowest BCUT2D eigenvalue weighted by molar-refractivity contribution is -0.0593. The molecular formula is C8H8N2O2. The number of benzene rings is 1. The molecule has 0 unspecified atom stereocenters. The maximum atomic E-state index is 9.32. The lowest BCUT2D eigenvalue weighted by atomic mass is 10.2. The predicted molar refractivity (Wildman–Crippen MR) is 43.0 cm³/mol. The summed E-state index contributed by atoms with van der Waals surface area (Å²) in [6, 6.07) is 7.22. The second-order valence-electron chi connectivity index (χ2n) is 2.52. The summed E-state index contributed by atoms with van der Waals surface area (Å²) >= 11 is 0. The molecule has 0 bridgehead atoms. The van der Waals surface area contributed by atoms with Crippen LogP contribution in [0.1, 0.15) is 0 Å². The van der Waals surface area contributed by atoms with Crippen LogP contribution in [0.15, 0.2) is 24.3 Å². The van der Waals surface area contributed by atoms with Crippen LogP contribution in [0.5, 0.6) is 0 Å². The first-order valence-corrected chi connectivity index (χ1v) is 3.52. The van der Waals surface area contributed by atoms with Crippen LogP contribution in [0.2, 0.25) is 0 Å². The average Bonchev–Trinajstić information content (AvgIpc) is 2.04. The number of hydrogen-bond acceptors (Lipinski definition) is 4.